The van der Waals surface area contributed by atoms with Crippen molar-refractivity contribution in [2.75, 3.05) is 25.0 Å². The Labute approximate surface area is 119 Å². The summed E-state index contributed by atoms with van der Waals surface area (Å²) < 4.78 is 5.65. The maximum absolute atomic E-state index is 11.5. The van der Waals surface area contributed by atoms with E-state index in [1.807, 2.05) is 6.92 Å². The Hall–Kier alpha value is -1.71. The molecule has 1 aromatic rings. The van der Waals surface area contributed by atoms with Gasteiger partial charge >= 0.3 is 0 Å². The molecule has 2 heterocycles. The van der Waals surface area contributed by atoms with Gasteiger partial charge in [-0.15, -0.1) is 0 Å². The van der Waals surface area contributed by atoms with Crippen molar-refractivity contribution in [1.29, 1.82) is 0 Å². The summed E-state index contributed by atoms with van der Waals surface area (Å²) in [4.78, 5) is 11.5. The molecule has 3 rings (SSSR count). The molecule has 0 radical (unpaired) electrons. The molecule has 0 bridgehead atoms. The predicted molar refractivity (Wildman–Crippen MR) is 79.4 cm³/mol. The summed E-state index contributed by atoms with van der Waals surface area (Å²) in [6.45, 7) is 4.55. The molecular formula is C16H22N2O2. The van der Waals surface area contributed by atoms with E-state index in [2.05, 4.69) is 22.8 Å². The molecule has 1 unspecified atom stereocenters. The average Bonchev–Trinajstić information content (AvgIpc) is 3.04. The fourth-order valence-corrected chi connectivity index (χ4v) is 3.20. The van der Waals surface area contributed by atoms with Crippen LogP contribution in [0, 0.1) is 0 Å². The SMILES string of the molecule is CCCC(=O)NCCC1CNc2ccc3c(c21)CCO3. The van der Waals surface area contributed by atoms with Gasteiger partial charge in [-0.25, -0.2) is 0 Å². The molecule has 0 saturated heterocycles. The van der Waals surface area contributed by atoms with Gasteiger partial charge in [-0.3, -0.25) is 4.79 Å². The Balaban J connectivity index is 1.64. The van der Waals surface area contributed by atoms with E-state index < -0.39 is 0 Å². The van der Waals surface area contributed by atoms with Gasteiger partial charge in [-0.05, 0) is 30.5 Å². The smallest absolute Gasteiger partial charge is 0.219 e. The fourth-order valence-electron chi connectivity index (χ4n) is 3.20. The zero-order valence-electron chi connectivity index (χ0n) is 12.0. The van der Waals surface area contributed by atoms with Crippen molar-refractivity contribution in [3.05, 3.63) is 23.3 Å². The van der Waals surface area contributed by atoms with E-state index in [4.69, 9.17) is 4.74 Å². The van der Waals surface area contributed by atoms with Crippen molar-refractivity contribution < 1.29 is 9.53 Å². The quantitative estimate of drug-likeness (QED) is 0.867. The number of nitrogens with one attached hydrogen (secondary N) is 2. The summed E-state index contributed by atoms with van der Waals surface area (Å²) in [5.74, 6) is 1.70. The highest BCUT2D eigenvalue weighted by Crippen LogP contribution is 2.42. The zero-order valence-corrected chi connectivity index (χ0v) is 12.0. The van der Waals surface area contributed by atoms with Crippen LogP contribution in [0.25, 0.3) is 0 Å². The van der Waals surface area contributed by atoms with Crippen LogP contribution >= 0.6 is 0 Å². The highest BCUT2D eigenvalue weighted by atomic mass is 16.5. The molecule has 1 aromatic carbocycles. The number of carbonyl (C=O) groups excluding carboxylic acids is 1. The van der Waals surface area contributed by atoms with E-state index in [0.717, 1.165) is 44.7 Å². The van der Waals surface area contributed by atoms with Crippen LogP contribution in [-0.4, -0.2) is 25.6 Å². The van der Waals surface area contributed by atoms with Crippen LogP contribution in [0.15, 0.2) is 12.1 Å². The number of hydrogen-bond donors (Lipinski definition) is 2. The van der Waals surface area contributed by atoms with Crippen molar-refractivity contribution in [3.8, 4) is 5.75 Å². The molecule has 0 saturated carbocycles. The number of anilines is 1. The summed E-state index contributed by atoms with van der Waals surface area (Å²) in [5.41, 5.74) is 4.04. The van der Waals surface area contributed by atoms with E-state index in [1.54, 1.807) is 0 Å². The van der Waals surface area contributed by atoms with Gasteiger partial charge in [0, 0.05) is 43.1 Å². The number of amides is 1. The Bertz CT molecular complexity index is 513. The summed E-state index contributed by atoms with van der Waals surface area (Å²) in [7, 11) is 0. The zero-order chi connectivity index (χ0) is 13.9. The Morgan fingerprint density at radius 3 is 3.25 bits per heavy atom. The van der Waals surface area contributed by atoms with Crippen molar-refractivity contribution >= 4 is 11.6 Å². The maximum Gasteiger partial charge on any atom is 0.219 e. The molecule has 0 fully saturated rings. The number of benzene rings is 1. The lowest BCUT2D eigenvalue weighted by molar-refractivity contribution is -0.121. The summed E-state index contributed by atoms with van der Waals surface area (Å²) >= 11 is 0. The lowest BCUT2D eigenvalue weighted by Gasteiger charge is -2.13. The van der Waals surface area contributed by atoms with Crippen LogP contribution in [0.5, 0.6) is 5.75 Å². The highest BCUT2D eigenvalue weighted by molar-refractivity contribution is 5.75. The third-order valence-electron chi connectivity index (χ3n) is 4.16. The Morgan fingerprint density at radius 1 is 1.50 bits per heavy atom. The molecule has 0 aliphatic carbocycles. The first-order valence-electron chi connectivity index (χ1n) is 7.58. The second-order valence-corrected chi connectivity index (χ2v) is 5.57. The minimum Gasteiger partial charge on any atom is -0.493 e. The third kappa shape index (κ3) is 2.47. The van der Waals surface area contributed by atoms with Gasteiger partial charge < -0.3 is 15.4 Å². The van der Waals surface area contributed by atoms with Gasteiger partial charge in [0.05, 0.1) is 6.61 Å². The lowest BCUT2D eigenvalue weighted by atomic mass is 9.92. The molecule has 0 aromatic heterocycles. The van der Waals surface area contributed by atoms with Gasteiger partial charge in [0.2, 0.25) is 5.91 Å². The Morgan fingerprint density at radius 2 is 2.40 bits per heavy atom. The van der Waals surface area contributed by atoms with Gasteiger partial charge in [0.15, 0.2) is 0 Å². The first-order valence-corrected chi connectivity index (χ1v) is 7.58. The first-order chi connectivity index (χ1) is 9.79. The van der Waals surface area contributed by atoms with Gasteiger partial charge in [0.25, 0.3) is 0 Å². The van der Waals surface area contributed by atoms with Crippen LogP contribution in [0.3, 0.4) is 0 Å². The largest absolute Gasteiger partial charge is 0.493 e. The Kier molecular flexibility index (Phi) is 3.81. The molecule has 4 nitrogen and oxygen atoms in total. The molecule has 1 amide bonds. The fraction of sp³-hybridized carbons (Fsp3) is 0.562. The van der Waals surface area contributed by atoms with Crippen LogP contribution in [-0.2, 0) is 11.2 Å². The van der Waals surface area contributed by atoms with Crippen LogP contribution in [0.4, 0.5) is 5.69 Å². The molecule has 4 heteroatoms. The average molecular weight is 274 g/mol. The number of hydrogen-bond acceptors (Lipinski definition) is 3. The molecule has 108 valence electrons. The van der Waals surface area contributed by atoms with Crippen LogP contribution in [0.2, 0.25) is 0 Å². The first kappa shape index (κ1) is 13.3. The van der Waals surface area contributed by atoms with Crippen LogP contribution < -0.4 is 15.4 Å². The summed E-state index contributed by atoms with van der Waals surface area (Å²) in [5, 5.41) is 6.49. The number of fused-ring (bicyclic) bond motifs is 3. The summed E-state index contributed by atoms with van der Waals surface area (Å²) in [6, 6.07) is 4.19. The monoisotopic (exact) mass is 274 g/mol. The van der Waals surface area contributed by atoms with Gasteiger partial charge in [-0.1, -0.05) is 6.92 Å². The topological polar surface area (TPSA) is 50.4 Å². The van der Waals surface area contributed by atoms with E-state index >= 15 is 0 Å². The molecule has 2 aliphatic heterocycles. The van der Waals surface area contributed by atoms with Crippen molar-refractivity contribution in [2.45, 2.75) is 38.5 Å². The van der Waals surface area contributed by atoms with Crippen molar-refractivity contribution in [1.82, 2.24) is 5.32 Å². The van der Waals surface area contributed by atoms with Crippen LogP contribution in [0.1, 0.15) is 43.2 Å². The molecule has 20 heavy (non-hydrogen) atoms. The van der Waals surface area contributed by atoms with E-state index in [0.29, 0.717) is 12.3 Å². The summed E-state index contributed by atoms with van der Waals surface area (Å²) in [6.07, 6.45) is 3.54. The van der Waals surface area contributed by atoms with E-state index in [-0.39, 0.29) is 5.91 Å². The molecule has 2 N–H and O–H groups in total. The molecule has 1 atom stereocenters. The van der Waals surface area contributed by atoms with Crippen molar-refractivity contribution in [3.63, 3.8) is 0 Å². The number of carbonyl (C=O) groups is 1. The standard InChI is InChI=1S/C16H22N2O2/c1-2-3-15(19)17-8-6-11-10-18-13-4-5-14-12(16(11)13)7-9-20-14/h4-5,11,18H,2-3,6-10H2,1H3,(H,17,19). The minimum atomic E-state index is 0.167. The minimum absolute atomic E-state index is 0.167. The molecule has 0 spiro atoms. The van der Waals surface area contributed by atoms with Gasteiger partial charge in [0.1, 0.15) is 5.75 Å². The molecular weight excluding hydrogens is 252 g/mol. The van der Waals surface area contributed by atoms with E-state index in [9.17, 15) is 4.79 Å². The van der Waals surface area contributed by atoms with Gasteiger partial charge in [-0.2, -0.15) is 0 Å². The molecule has 2 aliphatic rings. The predicted octanol–water partition coefficient (Wildman–Crippen LogP) is 2.44. The second kappa shape index (κ2) is 5.73. The number of ether oxygens (including phenoxy) is 1. The van der Waals surface area contributed by atoms with E-state index in [1.165, 1.54) is 16.8 Å². The highest BCUT2D eigenvalue weighted by Gasteiger charge is 2.29. The lowest BCUT2D eigenvalue weighted by Crippen LogP contribution is -2.25. The van der Waals surface area contributed by atoms with Crippen molar-refractivity contribution in [2.24, 2.45) is 0 Å². The maximum atomic E-state index is 11.5. The number of rotatable bonds is 5. The third-order valence-corrected chi connectivity index (χ3v) is 4.16. The second-order valence-electron chi connectivity index (χ2n) is 5.57. The normalized spacial score (nSPS) is 18.9.